The van der Waals surface area contributed by atoms with Crippen LogP contribution < -0.4 is 29.1 Å². The second-order valence-electron chi connectivity index (χ2n) is 41.4. The standard InChI is InChI=1S/C37H33N.C35H33N.C32H25NO.C31H25NO2/c1-3-9-30(10-4-1)38(31-11-5-2-6-12-31)37-18-17-32(34-13-7-8-14-35(34)37)27-15-16-33-28-20-25-19-26(21-28)23-29(22-25)36(33)24-27;1-34(2)24-35(3,4)32-23-25(19-21-31(32)34)28-20-22-33(30-18-12-11-17-29(28)30)36(26-13-7-5-8-14-26)27-15-9-6-10-16-27;1-3-9-23(10-4-1)33(24-11-5-2-6-12-24)30-18-17-25(26-13-7-8-14-27(26)30)22-15-16-28-29(21-22)32-20-19-31(28)34-32;1-31(2)33-29-20-17-22(21-30(29)34-31)25-18-19-28(27-16-10-9-15-26(25)27)32(23-11-5-3-6-12-23)24-13-7-4-8-14-24/h1-18,24-26,28-29H,19-23H2;5-23H,24H2,1-4H3;1-18,21,31-32H,19-20H2;3-21H,1-2H3. The van der Waals surface area contributed by atoms with Crippen LogP contribution in [0, 0.1) is 11.8 Å². The smallest absolute Gasteiger partial charge is 0.246 e. The molecule has 20 aromatic carbocycles. The van der Waals surface area contributed by atoms with E-state index < -0.39 is 5.79 Å². The molecule has 1 saturated heterocycles. The fraction of sp³-hybridized carbons (Fsp3) is 0.170. The van der Waals surface area contributed by atoms with Gasteiger partial charge < -0.3 is 33.8 Å². The van der Waals surface area contributed by atoms with Crippen LogP contribution in [-0.4, -0.2) is 5.79 Å². The molecular formula is C135H116N4O3. The van der Waals surface area contributed by atoms with Gasteiger partial charge in [-0.15, -0.1) is 0 Å². The number of nitrogens with zero attached hydrogens (tertiary/aromatic N) is 4. The fourth-order valence-electron chi connectivity index (χ4n) is 25.0. The molecule has 3 fully saturated rings. The molecule has 0 aromatic heterocycles. The molecule has 4 atom stereocenters. The number of anilines is 12. The maximum Gasteiger partial charge on any atom is 0.246 e. The minimum Gasteiger partial charge on any atom is -0.449 e. The lowest BCUT2D eigenvalue weighted by Crippen LogP contribution is -2.29. The molecule has 4 unspecified atom stereocenters. The van der Waals surface area contributed by atoms with Gasteiger partial charge in [-0.05, 0) is 325 Å². The van der Waals surface area contributed by atoms with Gasteiger partial charge in [0, 0.05) is 80.9 Å². The monoisotopic (exact) mass is 1840 g/mol. The quantitative estimate of drug-likeness (QED) is 0.0955. The van der Waals surface area contributed by atoms with Crippen molar-refractivity contribution in [1.29, 1.82) is 0 Å². The Morgan fingerprint density at radius 3 is 0.852 bits per heavy atom. The summed E-state index contributed by atoms with van der Waals surface area (Å²) in [7, 11) is 0. The first-order valence-electron chi connectivity index (χ1n) is 50.9. The zero-order valence-electron chi connectivity index (χ0n) is 81.5. The molecule has 6 bridgehead atoms. The molecule has 8 aliphatic rings. The van der Waals surface area contributed by atoms with Gasteiger partial charge in [0.1, 0.15) is 0 Å². The van der Waals surface area contributed by atoms with Crippen molar-refractivity contribution >= 4 is 111 Å². The normalized spacial score (nSPS) is 17.8. The van der Waals surface area contributed by atoms with Crippen molar-refractivity contribution in [3.8, 4) is 56.0 Å². The van der Waals surface area contributed by atoms with Crippen LogP contribution >= 0.6 is 0 Å². The van der Waals surface area contributed by atoms with Crippen LogP contribution in [0.4, 0.5) is 68.2 Å². The van der Waals surface area contributed by atoms with Gasteiger partial charge >= 0.3 is 0 Å². The van der Waals surface area contributed by atoms with E-state index in [1.54, 1.807) is 11.1 Å². The van der Waals surface area contributed by atoms with Crippen molar-refractivity contribution in [2.45, 2.75) is 134 Å². The molecule has 0 spiro atoms. The molecule has 3 aliphatic heterocycles. The van der Waals surface area contributed by atoms with Crippen molar-refractivity contribution in [3.05, 3.63) is 494 Å². The van der Waals surface area contributed by atoms with Gasteiger partial charge in [0.2, 0.25) is 5.79 Å². The van der Waals surface area contributed by atoms with Crippen LogP contribution in [0.3, 0.4) is 0 Å². The lowest BCUT2D eigenvalue weighted by Gasteiger charge is -2.38. The molecule has 142 heavy (non-hydrogen) atoms. The van der Waals surface area contributed by atoms with E-state index in [1.807, 2.05) is 19.9 Å². The van der Waals surface area contributed by atoms with Crippen LogP contribution in [0.25, 0.3) is 87.6 Å². The van der Waals surface area contributed by atoms with Gasteiger partial charge in [-0.25, -0.2) is 0 Å². The lowest BCUT2D eigenvalue weighted by atomic mass is 9.67. The summed E-state index contributed by atoms with van der Waals surface area (Å²) >= 11 is 0. The Kier molecular flexibility index (Phi) is 23.4. The Morgan fingerprint density at radius 2 is 0.493 bits per heavy atom. The highest BCUT2D eigenvalue weighted by Gasteiger charge is 2.45. The third-order valence-electron chi connectivity index (χ3n) is 30.8. The third-order valence-corrected chi connectivity index (χ3v) is 30.8. The Bertz CT molecular complexity index is 7860. The highest BCUT2D eigenvalue weighted by atomic mass is 16.7. The molecule has 7 heteroatoms. The number of fused-ring (bicyclic) bond motifs is 11. The fourth-order valence-corrected chi connectivity index (χ4v) is 25.0. The number of ether oxygens (including phenoxy) is 3. The van der Waals surface area contributed by atoms with E-state index in [-0.39, 0.29) is 16.9 Å². The molecular weight excluding hydrogens is 1730 g/mol. The molecule has 20 aromatic rings. The zero-order chi connectivity index (χ0) is 95.6. The largest absolute Gasteiger partial charge is 0.449 e. The van der Waals surface area contributed by atoms with Crippen molar-refractivity contribution < 1.29 is 14.2 Å². The maximum atomic E-state index is 6.16. The first kappa shape index (κ1) is 88.9. The number of para-hydroxylation sites is 8. The highest BCUT2D eigenvalue weighted by Crippen LogP contribution is 2.59. The second kappa shape index (κ2) is 37.4. The summed E-state index contributed by atoms with van der Waals surface area (Å²) in [5.74, 6) is 4.39. The van der Waals surface area contributed by atoms with E-state index in [0.717, 1.165) is 99.0 Å². The summed E-state index contributed by atoms with van der Waals surface area (Å²) in [6.45, 7) is 13.4. The predicted molar refractivity (Wildman–Crippen MR) is 594 cm³/mol. The van der Waals surface area contributed by atoms with Gasteiger partial charge in [-0.1, -0.05) is 349 Å². The zero-order valence-corrected chi connectivity index (χ0v) is 81.5. The molecule has 28 rings (SSSR count). The maximum absolute atomic E-state index is 6.16. The number of hydrogen-bond acceptors (Lipinski definition) is 7. The van der Waals surface area contributed by atoms with Crippen LogP contribution in [0.15, 0.2) is 461 Å². The van der Waals surface area contributed by atoms with Crippen LogP contribution in [-0.2, 0) is 15.6 Å². The molecule has 2 saturated carbocycles. The van der Waals surface area contributed by atoms with Crippen LogP contribution in [0.1, 0.15) is 150 Å². The summed E-state index contributed by atoms with van der Waals surface area (Å²) < 4.78 is 18.1. The van der Waals surface area contributed by atoms with Crippen molar-refractivity contribution in [2.24, 2.45) is 11.8 Å². The van der Waals surface area contributed by atoms with Gasteiger partial charge in [-0.2, -0.15) is 0 Å². The van der Waals surface area contributed by atoms with Crippen molar-refractivity contribution in [3.63, 3.8) is 0 Å². The SMILES string of the molecule is CC1(C)CC(C)(C)c2cc(-c3ccc(N(c4ccccc4)c4ccccc4)c4ccccc34)ccc21.CC1(C)Oc2ccc(-c3ccc(N(c4ccccc4)c4ccccc4)c4ccccc34)cc2O1.c1ccc(N(c2ccccc2)c2ccc(-c3ccc4c(c3)C3CC5CC(CC4C5)C3)c3ccccc23)cc1.c1ccc(N(c2ccccc2)c2ccc(-c3ccc4c(c3)C3CCC4O3)c3ccccc23)cc1. The molecule has 0 amide bonds. The van der Waals surface area contributed by atoms with Crippen LogP contribution in [0.2, 0.25) is 0 Å². The summed E-state index contributed by atoms with van der Waals surface area (Å²) in [6, 6.07) is 166. The topological polar surface area (TPSA) is 40.7 Å². The van der Waals surface area contributed by atoms with E-state index in [2.05, 4.69) is 502 Å². The van der Waals surface area contributed by atoms with Gasteiger partial charge in [-0.3, -0.25) is 0 Å². The van der Waals surface area contributed by atoms with Crippen molar-refractivity contribution in [1.82, 2.24) is 0 Å². The van der Waals surface area contributed by atoms with E-state index in [4.69, 9.17) is 14.2 Å². The molecule has 5 aliphatic carbocycles. The summed E-state index contributed by atoms with van der Waals surface area (Å²) in [5.41, 5.74) is 33.5. The highest BCUT2D eigenvalue weighted by molar-refractivity contribution is 6.11. The first-order chi connectivity index (χ1) is 69.6. The Hall–Kier alpha value is -15.8. The average molecular weight is 1840 g/mol. The van der Waals surface area contributed by atoms with E-state index in [9.17, 15) is 0 Å². The Morgan fingerprint density at radius 1 is 0.218 bits per heavy atom. The molecule has 0 radical (unpaired) electrons. The summed E-state index contributed by atoms with van der Waals surface area (Å²) in [6.07, 6.45) is 11.2. The minimum atomic E-state index is -0.640. The van der Waals surface area contributed by atoms with Crippen molar-refractivity contribution in [2.75, 3.05) is 19.6 Å². The second-order valence-corrected chi connectivity index (χ2v) is 41.4. The van der Waals surface area contributed by atoms with Gasteiger partial charge in [0.25, 0.3) is 0 Å². The summed E-state index contributed by atoms with van der Waals surface area (Å²) in [4.78, 5) is 9.41. The Balaban J connectivity index is 0.000000102. The molecule has 694 valence electrons. The lowest BCUT2D eigenvalue weighted by molar-refractivity contribution is -0.0431. The predicted octanol–water partition coefficient (Wildman–Crippen LogP) is 37.7. The Labute approximate surface area is 835 Å². The van der Waals surface area contributed by atoms with E-state index in [1.165, 1.54) is 166 Å². The van der Waals surface area contributed by atoms with Gasteiger partial charge in [0.05, 0.1) is 35.0 Å². The average Bonchev–Trinajstić information content (AvgIpc) is 1.54. The molecule has 3 heterocycles. The number of hydrogen-bond donors (Lipinski definition) is 0. The molecule has 0 N–H and O–H groups in total. The minimum absolute atomic E-state index is 0.183. The van der Waals surface area contributed by atoms with Crippen LogP contribution in [0.5, 0.6) is 11.5 Å². The van der Waals surface area contributed by atoms with E-state index in [0.29, 0.717) is 6.10 Å². The van der Waals surface area contributed by atoms with E-state index >= 15 is 0 Å². The van der Waals surface area contributed by atoms with Gasteiger partial charge in [0.15, 0.2) is 11.5 Å². The summed E-state index contributed by atoms with van der Waals surface area (Å²) in [5, 5.41) is 10.0. The first-order valence-corrected chi connectivity index (χ1v) is 50.9. The molecule has 7 nitrogen and oxygen atoms in total. The third kappa shape index (κ3) is 17.0. The number of benzene rings is 20. The number of rotatable bonds is 16.